The summed E-state index contributed by atoms with van der Waals surface area (Å²) in [4.78, 5) is 0. The van der Waals surface area contributed by atoms with E-state index in [0.717, 1.165) is 0 Å². The van der Waals surface area contributed by atoms with Crippen molar-refractivity contribution in [3.8, 4) is 0 Å². The number of aliphatic hydroxyl groups excluding tert-OH is 1. The Bertz CT molecular complexity index is 380. The summed E-state index contributed by atoms with van der Waals surface area (Å²) in [6.45, 7) is -0.152. The Morgan fingerprint density at radius 3 is 1.62 bits per heavy atom. The molecule has 0 bridgehead atoms. The molecule has 1 rings (SSSR count). The number of nitrogens with two attached hydrogens (primary N) is 1. The van der Waals surface area contributed by atoms with Crippen molar-refractivity contribution in [1.29, 1.82) is 0 Å². The zero-order valence-corrected chi connectivity index (χ0v) is 7.91. The Balaban J connectivity index is 3.39. The molecule has 0 heterocycles. The molecule has 1 atom stereocenters. The summed E-state index contributed by atoms with van der Waals surface area (Å²) >= 11 is 0. The maximum atomic E-state index is 13.1. The maximum absolute atomic E-state index is 13.1. The molecule has 0 aliphatic carbocycles. The molecule has 0 aliphatic heterocycles. The Labute approximate surface area is 87.5 Å². The van der Waals surface area contributed by atoms with E-state index in [1.807, 2.05) is 0 Å². The van der Waals surface area contributed by atoms with Gasteiger partial charge in [0.2, 0.25) is 5.82 Å². The lowest BCUT2D eigenvalue weighted by molar-refractivity contribution is 0.156. The third-order valence-electron chi connectivity index (χ3n) is 2.02. The van der Waals surface area contributed by atoms with E-state index in [2.05, 4.69) is 0 Å². The van der Waals surface area contributed by atoms with Gasteiger partial charge in [-0.05, 0) is 13.0 Å². The van der Waals surface area contributed by atoms with Gasteiger partial charge in [0.1, 0.15) is 0 Å². The first kappa shape index (κ1) is 12.9. The van der Waals surface area contributed by atoms with E-state index < -0.39 is 40.8 Å². The van der Waals surface area contributed by atoms with Crippen LogP contribution < -0.4 is 5.73 Å². The molecule has 0 saturated heterocycles. The second kappa shape index (κ2) is 4.75. The predicted octanol–water partition coefficient (Wildman–Crippen LogP) is 1.76. The van der Waals surface area contributed by atoms with Crippen LogP contribution in [0.2, 0.25) is 0 Å². The lowest BCUT2D eigenvalue weighted by Crippen LogP contribution is -2.14. The molecule has 7 heteroatoms. The highest BCUT2D eigenvalue weighted by atomic mass is 19.2. The maximum Gasteiger partial charge on any atom is 0.200 e. The molecule has 0 unspecified atom stereocenters. The van der Waals surface area contributed by atoms with Crippen LogP contribution in [0.4, 0.5) is 22.0 Å². The number of halogens is 5. The Kier molecular flexibility index (Phi) is 3.82. The van der Waals surface area contributed by atoms with Crippen molar-refractivity contribution in [2.45, 2.75) is 12.5 Å². The quantitative estimate of drug-likeness (QED) is 0.481. The molecule has 0 spiro atoms. The minimum atomic E-state index is -2.25. The normalized spacial score (nSPS) is 12.9. The Morgan fingerprint density at radius 1 is 0.875 bits per heavy atom. The molecule has 1 aromatic carbocycles. The molecule has 2 nitrogen and oxygen atoms in total. The van der Waals surface area contributed by atoms with Gasteiger partial charge >= 0.3 is 0 Å². The summed E-state index contributed by atoms with van der Waals surface area (Å²) in [5, 5.41) is 9.21. The van der Waals surface area contributed by atoms with E-state index in [4.69, 9.17) is 5.73 Å². The molecule has 1 aromatic rings. The van der Waals surface area contributed by atoms with E-state index in [0.29, 0.717) is 0 Å². The highest BCUT2D eigenvalue weighted by Gasteiger charge is 2.29. The SMILES string of the molecule is NCC[C@H](O)c1c(F)c(F)c(F)c(F)c1F. The third kappa shape index (κ3) is 2.00. The van der Waals surface area contributed by atoms with E-state index in [-0.39, 0.29) is 13.0 Å². The molecule has 0 radical (unpaired) electrons. The van der Waals surface area contributed by atoms with Gasteiger partial charge in [0, 0.05) is 0 Å². The molecule has 0 aromatic heterocycles. The lowest BCUT2D eigenvalue weighted by Gasteiger charge is -2.13. The van der Waals surface area contributed by atoms with Crippen molar-refractivity contribution in [3.05, 3.63) is 34.6 Å². The van der Waals surface area contributed by atoms with E-state index in [1.165, 1.54) is 0 Å². The zero-order valence-electron chi connectivity index (χ0n) is 7.91. The number of rotatable bonds is 3. The van der Waals surface area contributed by atoms with Crippen molar-refractivity contribution < 1.29 is 27.1 Å². The van der Waals surface area contributed by atoms with Gasteiger partial charge in [0.05, 0.1) is 11.7 Å². The van der Waals surface area contributed by atoms with Crippen molar-refractivity contribution in [1.82, 2.24) is 0 Å². The number of benzene rings is 1. The van der Waals surface area contributed by atoms with Gasteiger partial charge < -0.3 is 10.8 Å². The molecule has 3 N–H and O–H groups in total. The molecule has 90 valence electrons. The highest BCUT2D eigenvalue weighted by molar-refractivity contribution is 5.26. The summed E-state index contributed by atoms with van der Waals surface area (Å²) in [7, 11) is 0. The van der Waals surface area contributed by atoms with Crippen molar-refractivity contribution in [2.75, 3.05) is 6.54 Å². The third-order valence-corrected chi connectivity index (χ3v) is 2.02. The van der Waals surface area contributed by atoms with Crippen LogP contribution in [0.25, 0.3) is 0 Å². The van der Waals surface area contributed by atoms with Gasteiger partial charge in [0.25, 0.3) is 0 Å². The number of hydrogen-bond acceptors (Lipinski definition) is 2. The molecular formula is C9H8F5NO. The van der Waals surface area contributed by atoms with Crippen LogP contribution in [0, 0.1) is 29.1 Å². The molecule has 0 saturated carbocycles. The average molecular weight is 241 g/mol. The topological polar surface area (TPSA) is 46.2 Å². The Hall–Kier alpha value is -1.21. The Morgan fingerprint density at radius 2 is 1.25 bits per heavy atom. The fourth-order valence-electron chi connectivity index (χ4n) is 1.22. The first-order valence-electron chi connectivity index (χ1n) is 4.31. The zero-order chi connectivity index (χ0) is 12.5. The fourth-order valence-corrected chi connectivity index (χ4v) is 1.22. The van der Waals surface area contributed by atoms with Crippen LogP contribution in [0.1, 0.15) is 18.1 Å². The van der Waals surface area contributed by atoms with Crippen molar-refractivity contribution in [3.63, 3.8) is 0 Å². The second-order valence-corrected chi connectivity index (χ2v) is 3.08. The molecule has 16 heavy (non-hydrogen) atoms. The van der Waals surface area contributed by atoms with Crippen LogP contribution >= 0.6 is 0 Å². The van der Waals surface area contributed by atoms with Crippen LogP contribution in [-0.4, -0.2) is 11.7 Å². The smallest absolute Gasteiger partial charge is 0.200 e. The monoisotopic (exact) mass is 241 g/mol. The predicted molar refractivity (Wildman–Crippen MR) is 44.9 cm³/mol. The van der Waals surface area contributed by atoms with E-state index >= 15 is 0 Å². The van der Waals surface area contributed by atoms with E-state index in [9.17, 15) is 27.1 Å². The van der Waals surface area contributed by atoms with Gasteiger partial charge in [-0.3, -0.25) is 0 Å². The highest BCUT2D eigenvalue weighted by Crippen LogP contribution is 2.28. The first-order valence-corrected chi connectivity index (χ1v) is 4.31. The summed E-state index contributed by atoms with van der Waals surface area (Å²) in [6.07, 6.45) is -2.13. The molecule has 0 fully saturated rings. The first-order chi connectivity index (χ1) is 7.41. The summed E-state index contributed by atoms with van der Waals surface area (Å²) in [5.41, 5.74) is 3.76. The fraction of sp³-hybridized carbons (Fsp3) is 0.333. The summed E-state index contributed by atoms with van der Waals surface area (Å²) in [6, 6.07) is 0. The minimum absolute atomic E-state index is 0.152. The van der Waals surface area contributed by atoms with Crippen LogP contribution in [0.5, 0.6) is 0 Å². The summed E-state index contributed by atoms with van der Waals surface area (Å²) < 4.78 is 64.1. The lowest BCUT2D eigenvalue weighted by atomic mass is 10.0. The van der Waals surface area contributed by atoms with Gasteiger partial charge in [-0.25, -0.2) is 22.0 Å². The van der Waals surface area contributed by atoms with Gasteiger partial charge in [-0.2, -0.15) is 0 Å². The van der Waals surface area contributed by atoms with Crippen molar-refractivity contribution in [2.24, 2.45) is 5.73 Å². The molecule has 0 amide bonds. The number of aliphatic hydroxyl groups is 1. The van der Waals surface area contributed by atoms with Crippen LogP contribution in [0.3, 0.4) is 0 Å². The second-order valence-electron chi connectivity index (χ2n) is 3.08. The number of hydrogen-bond donors (Lipinski definition) is 2. The van der Waals surface area contributed by atoms with E-state index in [1.54, 1.807) is 0 Å². The molecular weight excluding hydrogens is 233 g/mol. The summed E-state index contributed by atoms with van der Waals surface area (Å²) in [5.74, 6) is -10.5. The largest absolute Gasteiger partial charge is 0.388 e. The average Bonchev–Trinajstić information content (AvgIpc) is 2.24. The van der Waals surface area contributed by atoms with Crippen molar-refractivity contribution >= 4 is 0 Å². The standard InChI is InChI=1S/C9H8F5NO/c10-5-4(3(16)1-2-15)6(11)8(13)9(14)7(5)12/h3,16H,1-2,15H2/t3-/m0/s1. The van der Waals surface area contributed by atoms with Gasteiger partial charge in [-0.15, -0.1) is 0 Å². The van der Waals surface area contributed by atoms with Gasteiger partial charge in [0.15, 0.2) is 23.3 Å². The van der Waals surface area contributed by atoms with Crippen LogP contribution in [-0.2, 0) is 0 Å². The van der Waals surface area contributed by atoms with Gasteiger partial charge in [-0.1, -0.05) is 0 Å². The van der Waals surface area contributed by atoms with Crippen LogP contribution in [0.15, 0.2) is 0 Å². The molecule has 0 aliphatic rings. The minimum Gasteiger partial charge on any atom is -0.388 e.